The summed E-state index contributed by atoms with van der Waals surface area (Å²) in [5.41, 5.74) is 1.12. The van der Waals surface area contributed by atoms with Gasteiger partial charge in [-0.3, -0.25) is 4.79 Å². The summed E-state index contributed by atoms with van der Waals surface area (Å²) < 4.78 is 5.75. The molecule has 0 heterocycles. The second-order valence-corrected chi connectivity index (χ2v) is 5.65. The molecule has 2 rings (SSSR count). The van der Waals surface area contributed by atoms with E-state index in [-0.39, 0.29) is 17.1 Å². The molecule has 120 valence electrons. The Morgan fingerprint density at radius 2 is 1.96 bits per heavy atom. The van der Waals surface area contributed by atoms with Crippen LogP contribution < -0.4 is 10.1 Å². The molecule has 7 heteroatoms. The van der Waals surface area contributed by atoms with E-state index in [1.165, 1.54) is 19.1 Å². The van der Waals surface area contributed by atoms with E-state index in [2.05, 4.69) is 21.2 Å². The Kier molecular flexibility index (Phi) is 5.23. The number of rotatable bonds is 5. The van der Waals surface area contributed by atoms with Crippen molar-refractivity contribution in [1.82, 2.24) is 0 Å². The van der Waals surface area contributed by atoms with Crippen LogP contribution in [0.15, 0.2) is 40.9 Å². The number of hydrogen-bond acceptors (Lipinski definition) is 5. The van der Waals surface area contributed by atoms with Crippen molar-refractivity contribution in [2.45, 2.75) is 13.5 Å². The molecule has 0 saturated carbocycles. The fourth-order valence-electron chi connectivity index (χ4n) is 1.94. The van der Waals surface area contributed by atoms with Gasteiger partial charge in [0.2, 0.25) is 0 Å². The van der Waals surface area contributed by atoms with Crippen LogP contribution in [0.3, 0.4) is 0 Å². The molecule has 0 aliphatic rings. The molecule has 2 aromatic rings. The van der Waals surface area contributed by atoms with E-state index in [1.54, 1.807) is 24.3 Å². The van der Waals surface area contributed by atoms with Gasteiger partial charge < -0.3 is 20.3 Å². The van der Waals surface area contributed by atoms with Gasteiger partial charge in [-0.25, -0.2) is 4.79 Å². The molecule has 3 N–H and O–H groups in total. The predicted molar refractivity (Wildman–Crippen MR) is 87.8 cm³/mol. The number of benzene rings is 2. The normalized spacial score (nSPS) is 10.2. The van der Waals surface area contributed by atoms with Crippen LogP contribution in [-0.4, -0.2) is 22.2 Å². The zero-order valence-corrected chi connectivity index (χ0v) is 13.8. The molecular weight excluding hydrogens is 366 g/mol. The van der Waals surface area contributed by atoms with E-state index < -0.39 is 11.9 Å². The second-order valence-electron chi connectivity index (χ2n) is 4.74. The Morgan fingerprint density at radius 3 is 2.61 bits per heavy atom. The quantitative estimate of drug-likeness (QED) is 0.544. The van der Waals surface area contributed by atoms with Crippen molar-refractivity contribution in [3.05, 3.63) is 52.0 Å². The molecule has 6 nitrogen and oxygen atoms in total. The first-order valence-electron chi connectivity index (χ1n) is 6.64. The number of carbonyl (C=O) groups excluding carboxylic acids is 1. The number of carboxylic acids is 1. The average molecular weight is 380 g/mol. The number of hydrogen-bond donors (Lipinski definition) is 3. The molecule has 0 atom stereocenters. The third-order valence-corrected chi connectivity index (χ3v) is 3.48. The van der Waals surface area contributed by atoms with Crippen LogP contribution in [0.25, 0.3) is 0 Å². The Labute approximate surface area is 140 Å². The summed E-state index contributed by atoms with van der Waals surface area (Å²) in [6.45, 7) is 1.52. The topological polar surface area (TPSA) is 95.9 Å². The third kappa shape index (κ3) is 4.46. The number of carbonyl (C=O) groups is 2. The molecule has 0 spiro atoms. The first kappa shape index (κ1) is 16.8. The standard InChI is InChI=1S/C16H14BrNO5/c1-9(19)23-15-7-12(3-4-13(15)16(21)22)18-8-10-6-11(17)2-5-14(10)20/h2-7,18,20H,8H2,1H3,(H,21,22). The number of aromatic hydroxyl groups is 1. The average Bonchev–Trinajstić information content (AvgIpc) is 2.47. The molecule has 0 fully saturated rings. The molecule has 0 radical (unpaired) electrons. The largest absolute Gasteiger partial charge is 0.508 e. The molecule has 23 heavy (non-hydrogen) atoms. The fraction of sp³-hybridized carbons (Fsp3) is 0.125. The molecule has 2 aromatic carbocycles. The minimum absolute atomic E-state index is 0.0338. The van der Waals surface area contributed by atoms with Crippen LogP contribution in [0.1, 0.15) is 22.8 Å². The Balaban J connectivity index is 2.21. The van der Waals surface area contributed by atoms with Crippen molar-refractivity contribution < 1.29 is 24.5 Å². The number of nitrogens with one attached hydrogen (secondary N) is 1. The number of esters is 1. The van der Waals surface area contributed by atoms with E-state index >= 15 is 0 Å². The van der Waals surface area contributed by atoms with Crippen molar-refractivity contribution >= 4 is 33.6 Å². The zero-order chi connectivity index (χ0) is 17.0. The summed E-state index contributed by atoms with van der Waals surface area (Å²) in [4.78, 5) is 22.2. The van der Waals surface area contributed by atoms with E-state index in [1.807, 2.05) is 0 Å². The van der Waals surface area contributed by atoms with Crippen LogP contribution in [0.5, 0.6) is 11.5 Å². The highest BCUT2D eigenvalue weighted by atomic mass is 79.9. The SMILES string of the molecule is CC(=O)Oc1cc(NCc2cc(Br)ccc2O)ccc1C(=O)O. The molecule has 0 aromatic heterocycles. The maximum Gasteiger partial charge on any atom is 0.339 e. The Bertz CT molecular complexity index is 760. The van der Waals surface area contributed by atoms with Crippen molar-refractivity contribution in [1.29, 1.82) is 0 Å². The number of ether oxygens (including phenoxy) is 1. The Morgan fingerprint density at radius 1 is 1.22 bits per heavy atom. The number of phenolic OH excluding ortho intramolecular Hbond substituents is 1. The first-order chi connectivity index (χ1) is 10.9. The van der Waals surface area contributed by atoms with Gasteiger partial charge in [0.25, 0.3) is 0 Å². The van der Waals surface area contributed by atoms with E-state index in [0.29, 0.717) is 17.8 Å². The van der Waals surface area contributed by atoms with E-state index in [0.717, 1.165) is 4.47 Å². The highest BCUT2D eigenvalue weighted by Crippen LogP contribution is 2.26. The lowest BCUT2D eigenvalue weighted by atomic mass is 10.1. The highest BCUT2D eigenvalue weighted by molar-refractivity contribution is 9.10. The minimum Gasteiger partial charge on any atom is -0.508 e. The molecule has 0 saturated heterocycles. The van der Waals surface area contributed by atoms with Crippen molar-refractivity contribution in [3.8, 4) is 11.5 Å². The number of phenols is 1. The summed E-state index contributed by atoms with van der Waals surface area (Å²) >= 11 is 3.33. The number of anilines is 1. The van der Waals surface area contributed by atoms with Crippen LogP contribution in [0.2, 0.25) is 0 Å². The number of aromatic carboxylic acids is 1. The van der Waals surface area contributed by atoms with Gasteiger partial charge in [-0.15, -0.1) is 0 Å². The number of carboxylic acid groups (broad SMARTS) is 1. The Hall–Kier alpha value is -2.54. The predicted octanol–water partition coefficient (Wildman–Crippen LogP) is 3.39. The van der Waals surface area contributed by atoms with Gasteiger partial charge in [0.15, 0.2) is 0 Å². The summed E-state index contributed by atoms with van der Waals surface area (Å²) in [5, 5.41) is 21.9. The van der Waals surface area contributed by atoms with E-state index in [4.69, 9.17) is 9.84 Å². The monoisotopic (exact) mass is 379 g/mol. The van der Waals surface area contributed by atoms with Crippen LogP contribution in [0.4, 0.5) is 5.69 Å². The first-order valence-corrected chi connectivity index (χ1v) is 7.43. The lowest BCUT2D eigenvalue weighted by Gasteiger charge is -2.11. The van der Waals surface area contributed by atoms with Gasteiger partial charge in [0.1, 0.15) is 17.1 Å². The fourth-order valence-corrected chi connectivity index (χ4v) is 2.35. The summed E-state index contributed by atoms with van der Waals surface area (Å²) in [7, 11) is 0. The highest BCUT2D eigenvalue weighted by Gasteiger charge is 2.14. The molecule has 0 unspecified atom stereocenters. The number of halogens is 1. The summed E-state index contributed by atoms with van der Waals surface area (Å²) in [6, 6.07) is 9.40. The lowest BCUT2D eigenvalue weighted by molar-refractivity contribution is -0.131. The van der Waals surface area contributed by atoms with Gasteiger partial charge in [-0.1, -0.05) is 15.9 Å². The van der Waals surface area contributed by atoms with Crippen molar-refractivity contribution in [2.24, 2.45) is 0 Å². The van der Waals surface area contributed by atoms with Crippen LogP contribution >= 0.6 is 15.9 Å². The van der Waals surface area contributed by atoms with Crippen LogP contribution in [-0.2, 0) is 11.3 Å². The van der Waals surface area contributed by atoms with Crippen LogP contribution in [0, 0.1) is 0 Å². The van der Waals surface area contributed by atoms with Gasteiger partial charge in [-0.2, -0.15) is 0 Å². The van der Waals surface area contributed by atoms with Gasteiger partial charge >= 0.3 is 11.9 Å². The maximum absolute atomic E-state index is 11.1. The van der Waals surface area contributed by atoms with Gasteiger partial charge in [-0.05, 0) is 30.3 Å². The third-order valence-electron chi connectivity index (χ3n) is 2.99. The molecular formula is C16H14BrNO5. The summed E-state index contributed by atoms with van der Waals surface area (Å²) in [5.74, 6) is -1.68. The van der Waals surface area contributed by atoms with Gasteiger partial charge in [0.05, 0.1) is 0 Å². The minimum atomic E-state index is -1.18. The maximum atomic E-state index is 11.1. The second kappa shape index (κ2) is 7.15. The molecule has 0 aliphatic heterocycles. The summed E-state index contributed by atoms with van der Waals surface area (Å²) in [6.07, 6.45) is 0. The van der Waals surface area contributed by atoms with Crippen molar-refractivity contribution in [3.63, 3.8) is 0 Å². The smallest absolute Gasteiger partial charge is 0.339 e. The molecule has 0 bridgehead atoms. The zero-order valence-electron chi connectivity index (χ0n) is 12.2. The lowest BCUT2D eigenvalue weighted by Crippen LogP contribution is -2.08. The molecule has 0 aliphatic carbocycles. The van der Waals surface area contributed by atoms with Gasteiger partial charge in [0, 0.05) is 35.3 Å². The van der Waals surface area contributed by atoms with Crippen molar-refractivity contribution in [2.75, 3.05) is 5.32 Å². The molecule has 0 amide bonds. The van der Waals surface area contributed by atoms with E-state index in [9.17, 15) is 14.7 Å².